The Morgan fingerprint density at radius 3 is 2.30 bits per heavy atom. The van der Waals surface area contributed by atoms with E-state index in [4.69, 9.17) is 17.4 Å². The zero-order valence-electron chi connectivity index (χ0n) is 7.13. The van der Waals surface area contributed by atoms with Crippen LogP contribution in [0.5, 0.6) is 0 Å². The molecule has 0 spiro atoms. The summed E-state index contributed by atoms with van der Waals surface area (Å²) in [4.78, 5) is 2.00. The molecular formula is C7H16NOS. The third-order valence-electron chi connectivity index (χ3n) is 1.41. The number of hydrogen-bond acceptors (Lipinski definition) is 2. The zero-order chi connectivity index (χ0) is 8.15. The van der Waals surface area contributed by atoms with Crippen molar-refractivity contribution >= 4 is 12.6 Å². The highest BCUT2D eigenvalue weighted by molar-refractivity contribution is 7.80. The Hall–Kier alpha value is 0.270. The average molecular weight is 162 g/mol. The molecule has 0 aliphatic heterocycles. The molecule has 2 atom stereocenters. The average Bonchev–Trinajstić information content (AvgIpc) is 1.87. The van der Waals surface area contributed by atoms with Crippen LogP contribution in [0, 0.1) is 0 Å². The highest BCUT2D eigenvalue weighted by Gasteiger charge is 2.08. The summed E-state index contributed by atoms with van der Waals surface area (Å²) in [6, 6.07) is 0. The lowest BCUT2D eigenvalue weighted by atomic mass is 10.5. The molecule has 0 aliphatic rings. The van der Waals surface area contributed by atoms with Crippen LogP contribution in [0.2, 0.25) is 0 Å². The van der Waals surface area contributed by atoms with Gasteiger partial charge < -0.3 is 4.74 Å². The molecule has 0 aromatic rings. The third-order valence-corrected chi connectivity index (χ3v) is 1.85. The second-order valence-electron chi connectivity index (χ2n) is 2.54. The fourth-order valence-corrected chi connectivity index (χ4v) is 0.598. The molecule has 10 heavy (non-hydrogen) atoms. The smallest absolute Gasteiger partial charge is 0.115 e. The van der Waals surface area contributed by atoms with Gasteiger partial charge in [-0.25, -0.2) is 0 Å². The maximum atomic E-state index is 5.40. The highest BCUT2D eigenvalue weighted by Crippen LogP contribution is 2.06. The lowest BCUT2D eigenvalue weighted by Gasteiger charge is -2.22. The Bertz CT molecular complexity index is 87.7. The first-order valence-electron chi connectivity index (χ1n) is 3.55. The Morgan fingerprint density at radius 2 is 2.00 bits per heavy atom. The van der Waals surface area contributed by atoms with Gasteiger partial charge in [0.1, 0.15) is 11.7 Å². The van der Waals surface area contributed by atoms with Crippen LogP contribution in [0.15, 0.2) is 0 Å². The first kappa shape index (κ1) is 10.3. The van der Waals surface area contributed by atoms with Crippen LogP contribution in [-0.4, -0.2) is 30.7 Å². The monoisotopic (exact) mass is 162 g/mol. The Balaban J connectivity index is 3.46. The molecule has 0 saturated carbocycles. The summed E-state index contributed by atoms with van der Waals surface area (Å²) in [6.07, 6.45) is 1.02. The molecule has 61 valence electrons. The summed E-state index contributed by atoms with van der Waals surface area (Å²) in [7, 11) is 3.95. The maximum Gasteiger partial charge on any atom is 0.115 e. The molecule has 0 aliphatic carbocycles. The van der Waals surface area contributed by atoms with Crippen molar-refractivity contribution in [2.24, 2.45) is 0 Å². The fourth-order valence-electron chi connectivity index (χ4n) is 0.438. The Kier molecular flexibility index (Phi) is 5.13. The second-order valence-corrected chi connectivity index (χ2v) is 3.06. The molecule has 0 aromatic carbocycles. The number of ether oxygens (including phenoxy) is 1. The van der Waals surface area contributed by atoms with Gasteiger partial charge in [0.05, 0.1) is 0 Å². The summed E-state index contributed by atoms with van der Waals surface area (Å²) in [6.45, 7) is 4.02. The molecule has 0 aromatic heterocycles. The van der Waals surface area contributed by atoms with Gasteiger partial charge in [-0.1, -0.05) is 19.6 Å². The summed E-state index contributed by atoms with van der Waals surface area (Å²) < 4.78 is 5.40. The van der Waals surface area contributed by atoms with Crippen molar-refractivity contribution < 1.29 is 4.74 Å². The van der Waals surface area contributed by atoms with E-state index in [0.29, 0.717) is 0 Å². The molecule has 0 heterocycles. The molecule has 0 fully saturated rings. The van der Waals surface area contributed by atoms with Crippen LogP contribution in [0.25, 0.3) is 0 Å². The predicted molar refractivity (Wildman–Crippen MR) is 45.9 cm³/mol. The molecule has 2 nitrogen and oxygen atoms in total. The Labute approximate surface area is 69.0 Å². The number of nitrogens with zero attached hydrogens (tertiary/aromatic N) is 1. The van der Waals surface area contributed by atoms with E-state index in [1.54, 1.807) is 0 Å². The molecule has 0 saturated heterocycles. The standard InChI is InChI=1S/C7H16NOS/c1-5-7(10)9-6(2)8(3)4/h6-7H,5H2,1-4H3. The van der Waals surface area contributed by atoms with Crippen LogP contribution in [0.3, 0.4) is 0 Å². The molecule has 0 rings (SSSR count). The summed E-state index contributed by atoms with van der Waals surface area (Å²) in [5, 5.41) is 0. The fraction of sp³-hybridized carbons (Fsp3) is 1.00. The second kappa shape index (κ2) is 4.99. The first-order chi connectivity index (χ1) is 4.57. The van der Waals surface area contributed by atoms with Gasteiger partial charge >= 0.3 is 0 Å². The van der Waals surface area contributed by atoms with Crippen molar-refractivity contribution in [1.29, 1.82) is 0 Å². The lowest BCUT2D eigenvalue weighted by Crippen LogP contribution is -2.29. The van der Waals surface area contributed by atoms with E-state index in [1.807, 2.05) is 32.8 Å². The molecule has 3 heteroatoms. The minimum Gasteiger partial charge on any atom is -0.349 e. The van der Waals surface area contributed by atoms with Crippen molar-refractivity contribution in [2.45, 2.75) is 31.9 Å². The SMILES string of the molecule is CCC([S])OC(C)N(C)C. The van der Waals surface area contributed by atoms with Gasteiger partial charge in [0.25, 0.3) is 0 Å². The molecular weight excluding hydrogens is 146 g/mol. The van der Waals surface area contributed by atoms with Gasteiger partial charge in [0.2, 0.25) is 0 Å². The van der Waals surface area contributed by atoms with E-state index in [0.717, 1.165) is 6.42 Å². The van der Waals surface area contributed by atoms with Gasteiger partial charge in [-0.2, -0.15) is 0 Å². The first-order valence-corrected chi connectivity index (χ1v) is 4.02. The minimum absolute atomic E-state index is 0.0441. The van der Waals surface area contributed by atoms with E-state index < -0.39 is 0 Å². The van der Waals surface area contributed by atoms with Crippen LogP contribution in [-0.2, 0) is 4.74 Å². The lowest BCUT2D eigenvalue weighted by molar-refractivity contribution is -0.0361. The third kappa shape index (κ3) is 4.14. The molecule has 1 radical (unpaired) electrons. The van der Waals surface area contributed by atoms with Crippen molar-refractivity contribution in [3.8, 4) is 0 Å². The summed E-state index contributed by atoms with van der Waals surface area (Å²) in [5.41, 5.74) is -0.0441. The van der Waals surface area contributed by atoms with Gasteiger partial charge in [0.15, 0.2) is 0 Å². The normalized spacial score (nSPS) is 17.4. The van der Waals surface area contributed by atoms with Crippen LogP contribution < -0.4 is 0 Å². The molecule has 0 N–H and O–H groups in total. The van der Waals surface area contributed by atoms with Gasteiger partial charge in [-0.15, -0.1) is 0 Å². The summed E-state index contributed by atoms with van der Waals surface area (Å²) in [5.74, 6) is 0. The minimum atomic E-state index is -0.0441. The van der Waals surface area contributed by atoms with Crippen molar-refractivity contribution in [3.05, 3.63) is 0 Å². The van der Waals surface area contributed by atoms with E-state index in [9.17, 15) is 0 Å². The number of hydrogen-bond donors (Lipinski definition) is 0. The number of rotatable bonds is 4. The maximum absolute atomic E-state index is 5.40. The van der Waals surface area contributed by atoms with Crippen LogP contribution in [0.4, 0.5) is 0 Å². The largest absolute Gasteiger partial charge is 0.349 e. The predicted octanol–water partition coefficient (Wildman–Crippen LogP) is 1.84. The summed E-state index contributed by atoms with van der Waals surface area (Å²) >= 11 is 4.99. The Morgan fingerprint density at radius 1 is 1.50 bits per heavy atom. The molecule has 0 bridgehead atoms. The van der Waals surface area contributed by atoms with E-state index in [1.165, 1.54) is 0 Å². The van der Waals surface area contributed by atoms with E-state index in [-0.39, 0.29) is 11.7 Å². The molecule has 2 unspecified atom stereocenters. The highest BCUT2D eigenvalue weighted by atomic mass is 32.1. The molecule has 0 amide bonds. The van der Waals surface area contributed by atoms with Crippen molar-refractivity contribution in [1.82, 2.24) is 4.90 Å². The van der Waals surface area contributed by atoms with E-state index in [2.05, 4.69) is 0 Å². The quantitative estimate of drug-likeness (QED) is 0.585. The topological polar surface area (TPSA) is 12.5 Å². The van der Waals surface area contributed by atoms with Gasteiger partial charge in [-0.05, 0) is 27.4 Å². The van der Waals surface area contributed by atoms with Gasteiger partial charge in [-0.3, -0.25) is 4.90 Å². The van der Waals surface area contributed by atoms with Crippen LogP contribution in [0.1, 0.15) is 20.3 Å². The van der Waals surface area contributed by atoms with Crippen molar-refractivity contribution in [3.63, 3.8) is 0 Å². The van der Waals surface area contributed by atoms with Crippen molar-refractivity contribution in [2.75, 3.05) is 14.1 Å². The van der Waals surface area contributed by atoms with Crippen LogP contribution >= 0.6 is 12.6 Å². The van der Waals surface area contributed by atoms with Gasteiger partial charge in [0, 0.05) is 0 Å². The zero-order valence-corrected chi connectivity index (χ0v) is 7.94. The van der Waals surface area contributed by atoms with E-state index >= 15 is 0 Å².